The van der Waals surface area contributed by atoms with Crippen molar-refractivity contribution in [1.29, 1.82) is 0 Å². The Kier molecular flexibility index (Phi) is 4.86. The average Bonchev–Trinajstić information content (AvgIpc) is 3.07. The molecule has 25 heavy (non-hydrogen) atoms. The van der Waals surface area contributed by atoms with Crippen LogP contribution in [0.1, 0.15) is 52.9 Å². The lowest BCUT2D eigenvalue weighted by Crippen LogP contribution is -2.37. The molecule has 2 N–H and O–H groups in total. The van der Waals surface area contributed by atoms with E-state index in [1.54, 1.807) is 0 Å². The Bertz CT molecular complexity index is 581. The second-order valence-corrected chi connectivity index (χ2v) is 8.48. The van der Waals surface area contributed by atoms with Gasteiger partial charge < -0.3 is 19.7 Å². The molecule has 0 saturated carbocycles. The Morgan fingerprint density at radius 2 is 2.08 bits per heavy atom. The number of ether oxygens (including phenoxy) is 2. The molecule has 0 unspecified atom stereocenters. The van der Waals surface area contributed by atoms with Gasteiger partial charge in [-0.15, -0.1) is 0 Å². The first-order valence-corrected chi connectivity index (χ1v) is 9.29. The van der Waals surface area contributed by atoms with Gasteiger partial charge in [-0.25, -0.2) is 4.79 Å². The van der Waals surface area contributed by atoms with Crippen LogP contribution in [0.25, 0.3) is 0 Å². The molecule has 0 aromatic carbocycles. The predicted molar refractivity (Wildman–Crippen MR) is 93.8 cm³/mol. The van der Waals surface area contributed by atoms with Gasteiger partial charge in [0.2, 0.25) is 0 Å². The van der Waals surface area contributed by atoms with Gasteiger partial charge in [0.15, 0.2) is 0 Å². The molecule has 2 saturated heterocycles. The number of hydrogen-bond donors (Lipinski definition) is 2. The number of fused-ring (bicyclic) bond motifs is 2. The van der Waals surface area contributed by atoms with Crippen molar-refractivity contribution in [2.45, 2.75) is 82.4 Å². The van der Waals surface area contributed by atoms with Crippen molar-refractivity contribution in [1.82, 2.24) is 0 Å². The van der Waals surface area contributed by atoms with Crippen LogP contribution in [0.4, 0.5) is 0 Å². The Morgan fingerprint density at radius 3 is 2.80 bits per heavy atom. The summed E-state index contributed by atoms with van der Waals surface area (Å²) in [4.78, 5) is 12.0. The van der Waals surface area contributed by atoms with Crippen LogP contribution in [0.2, 0.25) is 0 Å². The number of carbonyl (C=O) groups excluding carboxylic acids is 1. The molecule has 0 radical (unpaired) electrons. The van der Waals surface area contributed by atoms with Crippen LogP contribution < -0.4 is 0 Å². The maximum atomic E-state index is 12.0. The number of hydrogen-bond acceptors (Lipinski definition) is 5. The molecule has 0 spiro atoms. The van der Waals surface area contributed by atoms with E-state index in [2.05, 4.69) is 6.58 Å². The van der Waals surface area contributed by atoms with Crippen LogP contribution in [-0.4, -0.2) is 45.7 Å². The molecular weight excluding hydrogens is 320 g/mol. The molecule has 3 aliphatic rings. The quantitative estimate of drug-likeness (QED) is 0.304. The summed E-state index contributed by atoms with van der Waals surface area (Å²) in [5.41, 5.74) is -0.699. The molecule has 2 heterocycles. The summed E-state index contributed by atoms with van der Waals surface area (Å²) in [6.07, 6.45) is 6.08. The summed E-state index contributed by atoms with van der Waals surface area (Å²) in [6, 6.07) is 0. The van der Waals surface area contributed by atoms with E-state index in [1.807, 2.05) is 32.9 Å². The highest BCUT2D eigenvalue weighted by Crippen LogP contribution is 2.47. The van der Waals surface area contributed by atoms with Gasteiger partial charge in [0.1, 0.15) is 6.10 Å². The number of epoxide rings is 1. The molecule has 0 bridgehead atoms. The topological polar surface area (TPSA) is 79.3 Å². The molecule has 0 aromatic rings. The number of rotatable bonds is 0. The van der Waals surface area contributed by atoms with E-state index < -0.39 is 23.8 Å². The van der Waals surface area contributed by atoms with Crippen molar-refractivity contribution in [3.05, 3.63) is 24.3 Å². The maximum absolute atomic E-state index is 12.0. The van der Waals surface area contributed by atoms with Crippen molar-refractivity contribution >= 4 is 5.97 Å². The zero-order chi connectivity index (χ0) is 18.4. The highest BCUT2D eigenvalue weighted by molar-refractivity contribution is 5.90. The van der Waals surface area contributed by atoms with Crippen molar-refractivity contribution in [3.8, 4) is 0 Å². The van der Waals surface area contributed by atoms with Crippen LogP contribution in [0.3, 0.4) is 0 Å². The average molecular weight is 350 g/mol. The first kappa shape index (κ1) is 18.6. The van der Waals surface area contributed by atoms with Gasteiger partial charge >= 0.3 is 5.97 Å². The zero-order valence-electron chi connectivity index (χ0n) is 15.4. The largest absolute Gasteiger partial charge is 0.456 e. The summed E-state index contributed by atoms with van der Waals surface area (Å²) >= 11 is 0. The monoisotopic (exact) mass is 350 g/mol. The maximum Gasteiger partial charge on any atom is 0.334 e. The van der Waals surface area contributed by atoms with Crippen LogP contribution in [0.5, 0.6) is 0 Å². The standard InChI is InChI=1S/C20H30O5/c1-12-7-5-8-19(3,23)9-6-10-20(4)15(25-20)11-14-13(2)18(22)24-17(14)16(12)21/h6,9,12,14-17,21,23H,2,5,7-8,10-11H2,1,3-4H3/b9-6-/t12-,14+,15+,16+,17-,19-,20-/m1/s1. The molecular formula is C20H30O5. The molecule has 5 nitrogen and oxygen atoms in total. The second-order valence-electron chi connectivity index (χ2n) is 8.48. The number of aliphatic hydroxyl groups excluding tert-OH is 1. The first-order chi connectivity index (χ1) is 11.6. The molecule has 2 aliphatic heterocycles. The molecule has 1 aliphatic carbocycles. The number of aliphatic hydroxyl groups is 2. The van der Waals surface area contributed by atoms with Crippen LogP contribution in [0.15, 0.2) is 24.3 Å². The summed E-state index contributed by atoms with van der Waals surface area (Å²) in [5, 5.41) is 21.2. The Labute approximate surface area is 149 Å². The third kappa shape index (κ3) is 3.83. The van der Waals surface area contributed by atoms with E-state index in [9.17, 15) is 15.0 Å². The summed E-state index contributed by atoms with van der Waals surface area (Å²) in [6.45, 7) is 9.70. The van der Waals surface area contributed by atoms with Gasteiger partial charge in [-0.1, -0.05) is 25.7 Å². The third-order valence-corrected chi connectivity index (χ3v) is 6.11. The molecule has 7 atom stereocenters. The molecule has 3 rings (SSSR count). The second kappa shape index (κ2) is 6.53. The van der Waals surface area contributed by atoms with E-state index in [1.165, 1.54) is 0 Å². The van der Waals surface area contributed by atoms with Crippen LogP contribution in [-0.2, 0) is 14.3 Å². The molecule has 140 valence electrons. The van der Waals surface area contributed by atoms with Crippen molar-refractivity contribution in [2.75, 3.05) is 0 Å². The minimum absolute atomic E-state index is 0.00583. The highest BCUT2D eigenvalue weighted by atomic mass is 16.6. The number of carbonyl (C=O) groups is 1. The van der Waals surface area contributed by atoms with Gasteiger partial charge in [0.25, 0.3) is 0 Å². The van der Waals surface area contributed by atoms with E-state index >= 15 is 0 Å². The smallest absolute Gasteiger partial charge is 0.334 e. The fraction of sp³-hybridized carbons (Fsp3) is 0.750. The van der Waals surface area contributed by atoms with Gasteiger partial charge in [-0.3, -0.25) is 0 Å². The summed E-state index contributed by atoms with van der Waals surface area (Å²) in [5.74, 6) is -0.636. The van der Waals surface area contributed by atoms with Gasteiger partial charge in [0.05, 0.1) is 23.4 Å². The normalized spacial score (nSPS) is 49.6. The van der Waals surface area contributed by atoms with Crippen molar-refractivity contribution in [2.24, 2.45) is 11.8 Å². The van der Waals surface area contributed by atoms with E-state index in [0.29, 0.717) is 24.8 Å². The van der Waals surface area contributed by atoms with Gasteiger partial charge in [0, 0.05) is 11.5 Å². The lowest BCUT2D eigenvalue weighted by atomic mass is 9.81. The zero-order valence-corrected chi connectivity index (χ0v) is 15.4. The molecule has 0 aromatic heterocycles. The van der Waals surface area contributed by atoms with Gasteiger partial charge in [-0.2, -0.15) is 0 Å². The van der Waals surface area contributed by atoms with Gasteiger partial charge in [-0.05, 0) is 51.9 Å². The Morgan fingerprint density at radius 1 is 1.36 bits per heavy atom. The Hall–Kier alpha value is -1.17. The molecule has 0 amide bonds. The van der Waals surface area contributed by atoms with Crippen molar-refractivity contribution < 1.29 is 24.5 Å². The molecule has 2 fully saturated rings. The minimum Gasteiger partial charge on any atom is -0.456 e. The van der Waals surface area contributed by atoms with Crippen LogP contribution in [0, 0.1) is 11.8 Å². The Balaban J connectivity index is 1.82. The summed E-state index contributed by atoms with van der Waals surface area (Å²) < 4.78 is 11.3. The first-order valence-electron chi connectivity index (χ1n) is 9.29. The minimum atomic E-state index is -0.855. The van der Waals surface area contributed by atoms with Crippen LogP contribution >= 0.6 is 0 Å². The van der Waals surface area contributed by atoms with E-state index in [4.69, 9.17) is 9.47 Å². The fourth-order valence-corrected chi connectivity index (χ4v) is 4.12. The summed E-state index contributed by atoms with van der Waals surface area (Å²) in [7, 11) is 0. The fourth-order valence-electron chi connectivity index (χ4n) is 4.12. The highest BCUT2D eigenvalue weighted by Gasteiger charge is 2.55. The lowest BCUT2D eigenvalue weighted by Gasteiger charge is -2.28. The van der Waals surface area contributed by atoms with Crippen molar-refractivity contribution in [3.63, 3.8) is 0 Å². The molecule has 5 heteroatoms. The van der Waals surface area contributed by atoms with E-state index in [-0.39, 0.29) is 23.5 Å². The van der Waals surface area contributed by atoms with E-state index in [0.717, 1.165) is 12.8 Å². The third-order valence-electron chi connectivity index (χ3n) is 6.11. The lowest BCUT2D eigenvalue weighted by molar-refractivity contribution is -0.146. The number of esters is 1. The SMILES string of the molecule is C=C1C(=O)O[C@H]2[C@@H](O)[C@H](C)CCC[C@@](C)(O)/C=C\C[C@@]3(C)O[C@H]3C[C@@H]12. The predicted octanol–water partition coefficient (Wildman–Crippen LogP) is 2.51.